The van der Waals surface area contributed by atoms with Gasteiger partial charge in [-0.15, -0.1) is 0 Å². The van der Waals surface area contributed by atoms with Gasteiger partial charge in [0.15, 0.2) is 0 Å². The highest BCUT2D eigenvalue weighted by Crippen LogP contribution is 2.33. The van der Waals surface area contributed by atoms with Crippen LogP contribution in [0, 0.1) is 5.92 Å². The number of hydrogen-bond donors (Lipinski definition) is 1. The van der Waals surface area contributed by atoms with Crippen LogP contribution >= 0.6 is 0 Å². The van der Waals surface area contributed by atoms with Crippen LogP contribution in [-0.2, 0) is 4.79 Å². The van der Waals surface area contributed by atoms with Crippen molar-refractivity contribution in [3.05, 3.63) is 30.3 Å². The number of rotatable bonds is 4. The number of carbonyl (C=O) groups is 1. The minimum atomic E-state index is 0.321. The van der Waals surface area contributed by atoms with Crippen LogP contribution in [0.2, 0.25) is 0 Å². The molecule has 0 spiro atoms. The topological polar surface area (TPSA) is 52.8 Å². The molecule has 1 amide bonds. The smallest absolute Gasteiger partial charge is 0.222 e. The fourth-order valence-corrected chi connectivity index (χ4v) is 5.27. The van der Waals surface area contributed by atoms with Gasteiger partial charge in [-0.2, -0.15) is 0 Å². The molecule has 1 aromatic carbocycles. The molecule has 3 heterocycles. The molecule has 3 fully saturated rings. The quantitative estimate of drug-likeness (QED) is 0.896. The third-order valence-corrected chi connectivity index (χ3v) is 6.65. The molecular formula is C21H32N4O. The highest BCUT2D eigenvalue weighted by atomic mass is 16.2. The summed E-state index contributed by atoms with van der Waals surface area (Å²) in [7, 11) is 0. The monoisotopic (exact) mass is 356 g/mol. The van der Waals surface area contributed by atoms with E-state index in [0.29, 0.717) is 36.9 Å². The van der Waals surface area contributed by atoms with Crippen molar-refractivity contribution in [2.45, 2.75) is 44.2 Å². The molecule has 4 rings (SSSR count). The zero-order valence-corrected chi connectivity index (χ0v) is 15.7. The number of anilines is 1. The SMILES string of the molecule is NCCN1C(=O)CC[C@H]2CN(C3CCN(c4ccccc4)CC3)CC[C@H]21. The van der Waals surface area contributed by atoms with E-state index in [9.17, 15) is 4.79 Å². The number of carbonyl (C=O) groups excluding carboxylic acids is 1. The predicted octanol–water partition coefficient (Wildman–Crippen LogP) is 1.93. The van der Waals surface area contributed by atoms with Gasteiger partial charge in [0.2, 0.25) is 5.91 Å². The number of benzene rings is 1. The maximum absolute atomic E-state index is 12.2. The molecular weight excluding hydrogens is 324 g/mol. The van der Waals surface area contributed by atoms with Gasteiger partial charge in [0, 0.05) is 63.5 Å². The Morgan fingerprint density at radius 2 is 1.77 bits per heavy atom. The lowest BCUT2D eigenvalue weighted by Crippen LogP contribution is -2.59. The zero-order chi connectivity index (χ0) is 17.9. The Morgan fingerprint density at radius 3 is 2.50 bits per heavy atom. The molecule has 2 atom stereocenters. The molecule has 0 aromatic heterocycles. The Morgan fingerprint density at radius 1 is 1.00 bits per heavy atom. The largest absolute Gasteiger partial charge is 0.371 e. The maximum atomic E-state index is 12.2. The summed E-state index contributed by atoms with van der Waals surface area (Å²) in [6.45, 7) is 5.90. The predicted molar refractivity (Wildman–Crippen MR) is 105 cm³/mol. The van der Waals surface area contributed by atoms with Crippen molar-refractivity contribution in [1.82, 2.24) is 9.80 Å². The van der Waals surface area contributed by atoms with Crippen molar-refractivity contribution < 1.29 is 4.79 Å². The van der Waals surface area contributed by atoms with Gasteiger partial charge < -0.3 is 15.5 Å². The summed E-state index contributed by atoms with van der Waals surface area (Å²) in [6.07, 6.45) is 5.39. The molecule has 0 unspecified atom stereocenters. The van der Waals surface area contributed by atoms with Gasteiger partial charge in [-0.05, 0) is 43.7 Å². The van der Waals surface area contributed by atoms with Crippen molar-refractivity contribution in [3.63, 3.8) is 0 Å². The van der Waals surface area contributed by atoms with E-state index in [1.54, 1.807) is 0 Å². The second-order valence-corrected chi connectivity index (χ2v) is 8.08. The van der Waals surface area contributed by atoms with Gasteiger partial charge in [0.1, 0.15) is 0 Å². The van der Waals surface area contributed by atoms with Gasteiger partial charge in [-0.1, -0.05) is 18.2 Å². The third kappa shape index (κ3) is 3.60. The van der Waals surface area contributed by atoms with Crippen LogP contribution in [0.1, 0.15) is 32.1 Å². The first-order valence-corrected chi connectivity index (χ1v) is 10.3. The molecule has 0 radical (unpaired) electrons. The summed E-state index contributed by atoms with van der Waals surface area (Å²) in [5.74, 6) is 0.960. The molecule has 2 N–H and O–H groups in total. The summed E-state index contributed by atoms with van der Waals surface area (Å²) in [5.41, 5.74) is 7.09. The highest BCUT2D eigenvalue weighted by molar-refractivity contribution is 5.77. The summed E-state index contributed by atoms with van der Waals surface area (Å²) in [6, 6.07) is 11.9. The van der Waals surface area contributed by atoms with Crippen LogP contribution in [0.4, 0.5) is 5.69 Å². The minimum Gasteiger partial charge on any atom is -0.371 e. The van der Waals surface area contributed by atoms with Crippen LogP contribution in [0.3, 0.4) is 0 Å². The lowest BCUT2D eigenvalue weighted by Gasteiger charge is -2.50. The number of amides is 1. The van der Waals surface area contributed by atoms with E-state index in [0.717, 1.165) is 45.6 Å². The van der Waals surface area contributed by atoms with Crippen LogP contribution in [-0.4, -0.2) is 67.1 Å². The number of fused-ring (bicyclic) bond motifs is 1. The Balaban J connectivity index is 1.33. The highest BCUT2D eigenvalue weighted by Gasteiger charge is 2.40. The Hall–Kier alpha value is -1.59. The number of likely N-dealkylation sites (tertiary alicyclic amines) is 2. The number of hydrogen-bond acceptors (Lipinski definition) is 4. The first-order valence-electron chi connectivity index (χ1n) is 10.3. The number of para-hydroxylation sites is 1. The average Bonchev–Trinajstić information content (AvgIpc) is 2.71. The number of nitrogens with two attached hydrogens (primary N) is 1. The van der Waals surface area contributed by atoms with Crippen LogP contribution in [0.5, 0.6) is 0 Å². The lowest BCUT2D eigenvalue weighted by atomic mass is 9.82. The summed E-state index contributed by atoms with van der Waals surface area (Å²) in [5, 5.41) is 0. The van der Waals surface area contributed by atoms with Crippen LogP contribution < -0.4 is 10.6 Å². The minimum absolute atomic E-state index is 0.321. The molecule has 5 nitrogen and oxygen atoms in total. The van der Waals surface area contributed by atoms with E-state index < -0.39 is 0 Å². The van der Waals surface area contributed by atoms with E-state index in [1.807, 2.05) is 0 Å². The van der Waals surface area contributed by atoms with Gasteiger partial charge in [0.05, 0.1) is 0 Å². The fourth-order valence-electron chi connectivity index (χ4n) is 5.27. The number of piperidine rings is 3. The lowest BCUT2D eigenvalue weighted by molar-refractivity contribution is -0.141. The normalized spacial score (nSPS) is 28.3. The Kier molecular flexibility index (Phi) is 5.46. The fraction of sp³-hybridized carbons (Fsp3) is 0.667. The van der Waals surface area contributed by atoms with Crippen molar-refractivity contribution in [1.29, 1.82) is 0 Å². The van der Waals surface area contributed by atoms with Crippen molar-refractivity contribution in [3.8, 4) is 0 Å². The molecule has 26 heavy (non-hydrogen) atoms. The van der Waals surface area contributed by atoms with E-state index in [4.69, 9.17) is 5.73 Å². The van der Waals surface area contributed by atoms with Crippen LogP contribution in [0.25, 0.3) is 0 Å². The van der Waals surface area contributed by atoms with E-state index in [2.05, 4.69) is 45.0 Å². The molecule has 1 aromatic rings. The summed E-state index contributed by atoms with van der Waals surface area (Å²) >= 11 is 0. The van der Waals surface area contributed by atoms with Crippen molar-refractivity contribution in [2.75, 3.05) is 44.2 Å². The van der Waals surface area contributed by atoms with Crippen LogP contribution in [0.15, 0.2) is 30.3 Å². The van der Waals surface area contributed by atoms with Crippen molar-refractivity contribution in [2.24, 2.45) is 11.7 Å². The van der Waals surface area contributed by atoms with E-state index in [1.165, 1.54) is 18.5 Å². The Bertz CT molecular complexity index is 599. The van der Waals surface area contributed by atoms with Gasteiger partial charge in [0.25, 0.3) is 0 Å². The summed E-state index contributed by atoms with van der Waals surface area (Å²) < 4.78 is 0. The van der Waals surface area contributed by atoms with E-state index in [-0.39, 0.29) is 0 Å². The molecule has 5 heteroatoms. The second kappa shape index (κ2) is 7.97. The molecule has 142 valence electrons. The third-order valence-electron chi connectivity index (χ3n) is 6.65. The molecule has 0 bridgehead atoms. The Labute approximate surface area is 157 Å². The van der Waals surface area contributed by atoms with Crippen molar-refractivity contribution >= 4 is 11.6 Å². The summed E-state index contributed by atoms with van der Waals surface area (Å²) in [4.78, 5) is 19.6. The van der Waals surface area contributed by atoms with E-state index >= 15 is 0 Å². The van der Waals surface area contributed by atoms with Gasteiger partial charge >= 0.3 is 0 Å². The molecule has 0 aliphatic carbocycles. The number of nitrogens with zero attached hydrogens (tertiary/aromatic N) is 3. The zero-order valence-electron chi connectivity index (χ0n) is 15.7. The average molecular weight is 357 g/mol. The van der Waals surface area contributed by atoms with Gasteiger partial charge in [-0.3, -0.25) is 9.69 Å². The first kappa shape index (κ1) is 17.8. The van der Waals surface area contributed by atoms with Gasteiger partial charge in [-0.25, -0.2) is 0 Å². The molecule has 0 saturated carbocycles. The molecule has 3 saturated heterocycles. The standard InChI is InChI=1S/C21H32N4O/c22-11-15-25-20-10-14-24(16-17(20)6-7-21(25)26)19-8-12-23(13-9-19)18-4-2-1-3-5-18/h1-5,17,19-20H,6-16,22H2/t17-,20+/m0/s1. The maximum Gasteiger partial charge on any atom is 0.222 e. The second-order valence-electron chi connectivity index (χ2n) is 8.08. The molecule has 3 aliphatic rings. The molecule has 3 aliphatic heterocycles. The first-order chi connectivity index (χ1) is 12.8.